The molecule has 0 radical (unpaired) electrons. The maximum Gasteiger partial charge on any atom is 0.326 e. The number of benzene rings is 1. The van der Waals surface area contributed by atoms with Gasteiger partial charge < -0.3 is 18.9 Å². The van der Waals surface area contributed by atoms with Crippen molar-refractivity contribution in [3.8, 4) is 17.6 Å². The van der Waals surface area contributed by atoms with E-state index in [0.717, 1.165) is 25.7 Å². The number of hydrogen-bond donors (Lipinski definition) is 0. The van der Waals surface area contributed by atoms with Crippen molar-refractivity contribution < 1.29 is 28.5 Å². The minimum absolute atomic E-state index is 0.0985. The van der Waals surface area contributed by atoms with Gasteiger partial charge >= 0.3 is 11.9 Å². The third-order valence-corrected chi connectivity index (χ3v) is 5.68. The summed E-state index contributed by atoms with van der Waals surface area (Å²) in [6.45, 7) is 7.89. The zero-order valence-corrected chi connectivity index (χ0v) is 20.0. The van der Waals surface area contributed by atoms with Gasteiger partial charge in [-0.15, -0.1) is 5.92 Å². The quantitative estimate of drug-likeness (QED) is 0.219. The molecule has 1 heterocycles. The molecule has 1 aromatic rings. The zero-order chi connectivity index (χ0) is 23.6. The summed E-state index contributed by atoms with van der Waals surface area (Å²) in [6.07, 6.45) is 3.38. The summed E-state index contributed by atoms with van der Waals surface area (Å²) < 4.78 is 22.7. The van der Waals surface area contributed by atoms with Crippen LogP contribution in [-0.4, -0.2) is 37.9 Å². The zero-order valence-electron chi connectivity index (χ0n) is 20.0. The molecule has 6 nitrogen and oxygen atoms in total. The molecule has 0 unspecified atom stereocenters. The van der Waals surface area contributed by atoms with Crippen molar-refractivity contribution in [1.29, 1.82) is 0 Å². The Morgan fingerprint density at radius 2 is 1.66 bits per heavy atom. The standard InChI is InChI=1S/C26H36O6/c1-6-10-11-12-18-25(17-7-2)19-26(23(27)30-8-3,24(28)31-9-4)22(32-25)20-13-15-21(29-5)16-14-20/h13-16,22H,6-11,17,19H2,1-5H3/t22-,25-/m1/s1. The van der Waals surface area contributed by atoms with Gasteiger partial charge in [0.25, 0.3) is 0 Å². The van der Waals surface area contributed by atoms with Crippen LogP contribution in [0.3, 0.4) is 0 Å². The van der Waals surface area contributed by atoms with Crippen LogP contribution in [0.2, 0.25) is 0 Å². The van der Waals surface area contributed by atoms with Crippen LogP contribution in [0.4, 0.5) is 0 Å². The van der Waals surface area contributed by atoms with Gasteiger partial charge in [0.15, 0.2) is 5.41 Å². The summed E-state index contributed by atoms with van der Waals surface area (Å²) in [5.41, 5.74) is -1.89. The van der Waals surface area contributed by atoms with E-state index in [1.165, 1.54) is 0 Å². The van der Waals surface area contributed by atoms with Gasteiger partial charge in [0, 0.05) is 12.8 Å². The molecule has 1 aliphatic rings. The van der Waals surface area contributed by atoms with Crippen LogP contribution in [-0.2, 0) is 23.8 Å². The van der Waals surface area contributed by atoms with Crippen LogP contribution in [0.15, 0.2) is 24.3 Å². The van der Waals surface area contributed by atoms with Gasteiger partial charge in [0.05, 0.1) is 20.3 Å². The van der Waals surface area contributed by atoms with Gasteiger partial charge in [-0.25, -0.2) is 0 Å². The summed E-state index contributed by atoms with van der Waals surface area (Å²) in [5.74, 6) is 5.92. The fourth-order valence-electron chi connectivity index (χ4n) is 4.18. The van der Waals surface area contributed by atoms with E-state index in [2.05, 4.69) is 18.8 Å². The summed E-state index contributed by atoms with van der Waals surface area (Å²) in [7, 11) is 1.58. The smallest absolute Gasteiger partial charge is 0.326 e. The first kappa shape index (κ1) is 25.7. The number of methoxy groups -OCH3 is 1. The molecule has 0 N–H and O–H groups in total. The lowest BCUT2D eigenvalue weighted by atomic mass is 9.73. The lowest BCUT2D eigenvalue weighted by Gasteiger charge is -2.29. The molecule has 176 valence electrons. The molecule has 0 saturated carbocycles. The molecule has 2 atom stereocenters. The highest BCUT2D eigenvalue weighted by Gasteiger charge is 2.66. The van der Waals surface area contributed by atoms with E-state index < -0.39 is 29.1 Å². The van der Waals surface area contributed by atoms with E-state index in [1.807, 2.05) is 19.1 Å². The average molecular weight is 445 g/mol. The van der Waals surface area contributed by atoms with Crippen molar-refractivity contribution in [2.75, 3.05) is 20.3 Å². The Morgan fingerprint density at radius 1 is 1.03 bits per heavy atom. The number of unbranched alkanes of at least 4 members (excludes halogenated alkanes) is 2. The molecule has 1 aliphatic heterocycles. The lowest BCUT2D eigenvalue weighted by Crippen LogP contribution is -2.45. The summed E-state index contributed by atoms with van der Waals surface area (Å²) in [5, 5.41) is 0. The molecule has 1 fully saturated rings. The number of carbonyl (C=O) groups excluding carboxylic acids is 2. The molecular formula is C26H36O6. The Labute approximate surface area is 192 Å². The highest BCUT2D eigenvalue weighted by atomic mass is 16.6. The lowest BCUT2D eigenvalue weighted by molar-refractivity contribution is -0.177. The average Bonchev–Trinajstić information content (AvgIpc) is 3.14. The van der Waals surface area contributed by atoms with Crippen molar-refractivity contribution in [2.24, 2.45) is 5.41 Å². The minimum Gasteiger partial charge on any atom is -0.497 e. The second-order valence-electron chi connectivity index (χ2n) is 8.01. The molecule has 0 aliphatic carbocycles. The third kappa shape index (κ3) is 5.45. The fourth-order valence-corrected chi connectivity index (χ4v) is 4.18. The predicted molar refractivity (Wildman–Crippen MR) is 122 cm³/mol. The summed E-state index contributed by atoms with van der Waals surface area (Å²) >= 11 is 0. The molecule has 0 aromatic heterocycles. The number of ether oxygens (including phenoxy) is 4. The van der Waals surface area contributed by atoms with Crippen LogP contribution in [0.25, 0.3) is 0 Å². The van der Waals surface area contributed by atoms with Crippen LogP contribution >= 0.6 is 0 Å². The first-order valence-electron chi connectivity index (χ1n) is 11.6. The van der Waals surface area contributed by atoms with E-state index in [4.69, 9.17) is 18.9 Å². The maximum atomic E-state index is 13.4. The van der Waals surface area contributed by atoms with Crippen molar-refractivity contribution >= 4 is 11.9 Å². The van der Waals surface area contributed by atoms with Gasteiger partial charge in [-0.2, -0.15) is 0 Å². The minimum atomic E-state index is -1.63. The molecule has 0 amide bonds. The molecular weight excluding hydrogens is 408 g/mol. The normalized spacial score (nSPS) is 21.3. The monoisotopic (exact) mass is 444 g/mol. The van der Waals surface area contributed by atoms with Crippen LogP contribution in [0.1, 0.15) is 77.9 Å². The van der Waals surface area contributed by atoms with Crippen LogP contribution in [0, 0.1) is 17.3 Å². The molecule has 0 bridgehead atoms. The second-order valence-corrected chi connectivity index (χ2v) is 8.01. The molecule has 2 rings (SSSR count). The Bertz CT molecular complexity index is 801. The van der Waals surface area contributed by atoms with Crippen molar-refractivity contribution in [2.45, 2.75) is 77.9 Å². The van der Waals surface area contributed by atoms with Crippen LogP contribution in [0.5, 0.6) is 5.75 Å². The molecule has 32 heavy (non-hydrogen) atoms. The van der Waals surface area contributed by atoms with E-state index in [-0.39, 0.29) is 19.6 Å². The van der Waals surface area contributed by atoms with Gasteiger partial charge in [-0.05, 0) is 44.4 Å². The Hall–Kier alpha value is -2.52. The molecule has 6 heteroatoms. The van der Waals surface area contributed by atoms with Gasteiger partial charge in [0.1, 0.15) is 17.5 Å². The predicted octanol–water partition coefficient (Wildman–Crippen LogP) is 5.00. The summed E-state index contributed by atoms with van der Waals surface area (Å²) in [4.78, 5) is 26.8. The first-order chi connectivity index (χ1) is 15.4. The highest BCUT2D eigenvalue weighted by molar-refractivity contribution is 6.01. The fraction of sp³-hybridized carbons (Fsp3) is 0.615. The molecule has 1 aromatic carbocycles. The SMILES string of the molecule is CCCCC#C[C@]1(CCC)CC(C(=O)OCC)(C(=O)OCC)[C@@H](c2ccc(OC)cc2)O1. The van der Waals surface area contributed by atoms with E-state index in [1.54, 1.807) is 33.1 Å². The van der Waals surface area contributed by atoms with E-state index in [9.17, 15) is 9.59 Å². The Morgan fingerprint density at radius 3 is 2.16 bits per heavy atom. The van der Waals surface area contributed by atoms with Gasteiger partial charge in [-0.3, -0.25) is 9.59 Å². The number of hydrogen-bond acceptors (Lipinski definition) is 6. The van der Waals surface area contributed by atoms with Gasteiger partial charge in [-0.1, -0.05) is 44.7 Å². The topological polar surface area (TPSA) is 71.1 Å². The number of esters is 2. The van der Waals surface area contributed by atoms with E-state index >= 15 is 0 Å². The summed E-state index contributed by atoms with van der Waals surface area (Å²) in [6, 6.07) is 7.19. The van der Waals surface area contributed by atoms with Crippen molar-refractivity contribution in [3.05, 3.63) is 29.8 Å². The number of rotatable bonds is 10. The Kier molecular flexibility index (Phi) is 9.59. The van der Waals surface area contributed by atoms with Crippen molar-refractivity contribution in [1.82, 2.24) is 0 Å². The maximum absolute atomic E-state index is 13.4. The molecule has 1 saturated heterocycles. The largest absolute Gasteiger partial charge is 0.497 e. The first-order valence-corrected chi connectivity index (χ1v) is 11.6. The molecule has 0 spiro atoms. The van der Waals surface area contributed by atoms with Crippen molar-refractivity contribution in [3.63, 3.8) is 0 Å². The highest BCUT2D eigenvalue weighted by Crippen LogP contribution is 2.55. The van der Waals surface area contributed by atoms with Crippen LogP contribution < -0.4 is 4.74 Å². The second kappa shape index (κ2) is 11.9. The van der Waals surface area contributed by atoms with Gasteiger partial charge in [0.2, 0.25) is 0 Å². The third-order valence-electron chi connectivity index (χ3n) is 5.68. The Balaban J connectivity index is 2.64. The number of carbonyl (C=O) groups is 2. The van der Waals surface area contributed by atoms with E-state index in [0.29, 0.717) is 17.7 Å².